The Balaban J connectivity index is 1.76. The molecule has 0 fully saturated rings. The molecule has 0 aliphatic carbocycles. The third-order valence-corrected chi connectivity index (χ3v) is 4.82. The van der Waals surface area contributed by atoms with E-state index in [-0.39, 0.29) is 5.82 Å². The molecule has 4 nitrogen and oxygen atoms in total. The molecule has 4 aromatic rings. The van der Waals surface area contributed by atoms with Gasteiger partial charge in [0.15, 0.2) is 0 Å². The minimum Gasteiger partial charge on any atom is -0.321 e. The van der Waals surface area contributed by atoms with Crippen molar-refractivity contribution in [2.75, 3.05) is 5.32 Å². The Morgan fingerprint density at radius 3 is 2.38 bits per heavy atom. The Hall–Kier alpha value is -3.15. The Bertz CT molecular complexity index is 1170. The highest BCUT2D eigenvalue weighted by molar-refractivity contribution is 6.36. The summed E-state index contributed by atoms with van der Waals surface area (Å²) in [4.78, 5) is 13.0. The normalized spacial score (nSPS) is 10.7. The third-order valence-electron chi connectivity index (χ3n) is 4.28. The summed E-state index contributed by atoms with van der Waals surface area (Å²) in [6.07, 6.45) is 1.63. The molecule has 7 heteroatoms. The summed E-state index contributed by atoms with van der Waals surface area (Å²) in [5.74, 6) is -0.758. The second-order valence-electron chi connectivity index (χ2n) is 6.26. The van der Waals surface area contributed by atoms with E-state index in [2.05, 4.69) is 10.4 Å². The van der Waals surface area contributed by atoms with Crippen molar-refractivity contribution in [3.05, 3.63) is 100 Å². The van der Waals surface area contributed by atoms with Crippen LogP contribution >= 0.6 is 23.2 Å². The molecule has 0 spiro atoms. The fraction of sp³-hybridized carbons (Fsp3) is 0. The number of halogens is 3. The van der Waals surface area contributed by atoms with Crippen LogP contribution in [-0.2, 0) is 0 Å². The first kappa shape index (κ1) is 19.2. The molecular weight excluding hydrogens is 412 g/mol. The molecule has 0 saturated carbocycles. The van der Waals surface area contributed by atoms with Gasteiger partial charge < -0.3 is 5.32 Å². The van der Waals surface area contributed by atoms with E-state index in [0.717, 1.165) is 5.69 Å². The van der Waals surface area contributed by atoms with Gasteiger partial charge in [-0.3, -0.25) is 4.79 Å². The molecule has 0 saturated heterocycles. The number of benzene rings is 3. The predicted molar refractivity (Wildman–Crippen MR) is 113 cm³/mol. The minimum absolute atomic E-state index is 0.324. The maximum Gasteiger partial charge on any atom is 0.259 e. The lowest BCUT2D eigenvalue weighted by Crippen LogP contribution is -2.12. The molecular formula is C22H14Cl2FN3O. The zero-order chi connectivity index (χ0) is 20.4. The fourth-order valence-corrected chi connectivity index (χ4v) is 3.31. The molecule has 1 aromatic heterocycles. The van der Waals surface area contributed by atoms with Crippen LogP contribution in [0.1, 0.15) is 10.4 Å². The first-order valence-electron chi connectivity index (χ1n) is 8.69. The Labute approximate surface area is 176 Å². The van der Waals surface area contributed by atoms with E-state index >= 15 is 0 Å². The number of carbonyl (C=O) groups excluding carboxylic acids is 1. The largest absolute Gasteiger partial charge is 0.321 e. The molecule has 144 valence electrons. The zero-order valence-corrected chi connectivity index (χ0v) is 16.5. The van der Waals surface area contributed by atoms with Gasteiger partial charge in [0.2, 0.25) is 0 Å². The van der Waals surface area contributed by atoms with Crippen molar-refractivity contribution in [1.82, 2.24) is 9.78 Å². The summed E-state index contributed by atoms with van der Waals surface area (Å²) in [6, 6.07) is 20.0. The number of anilines is 1. The van der Waals surface area contributed by atoms with Crippen molar-refractivity contribution >= 4 is 34.8 Å². The summed E-state index contributed by atoms with van der Waals surface area (Å²) >= 11 is 12.1. The summed E-state index contributed by atoms with van der Waals surface area (Å²) in [5, 5.41) is 8.14. The van der Waals surface area contributed by atoms with E-state index in [4.69, 9.17) is 23.2 Å². The second-order valence-corrected chi connectivity index (χ2v) is 7.10. The van der Waals surface area contributed by atoms with E-state index in [1.54, 1.807) is 41.2 Å². The number of hydrogen-bond donors (Lipinski definition) is 1. The summed E-state index contributed by atoms with van der Waals surface area (Å²) in [7, 11) is 0. The average Bonchev–Trinajstić information content (AvgIpc) is 3.17. The molecule has 1 N–H and O–H groups in total. The Morgan fingerprint density at radius 2 is 1.69 bits per heavy atom. The monoisotopic (exact) mass is 425 g/mol. The van der Waals surface area contributed by atoms with Gasteiger partial charge in [-0.1, -0.05) is 41.4 Å². The number of para-hydroxylation sites is 1. The SMILES string of the molecule is O=C(Nc1ccc(Cl)cc1Cl)c1cn(-c2ccccc2)nc1-c1ccc(F)cc1. The maximum atomic E-state index is 13.4. The van der Waals surface area contributed by atoms with Crippen LogP contribution in [0, 0.1) is 5.82 Å². The predicted octanol–water partition coefficient (Wildman–Crippen LogP) is 6.24. The zero-order valence-electron chi connectivity index (χ0n) is 14.9. The van der Waals surface area contributed by atoms with Crippen LogP contribution in [0.15, 0.2) is 79.0 Å². The number of aromatic nitrogens is 2. The van der Waals surface area contributed by atoms with E-state index in [9.17, 15) is 9.18 Å². The molecule has 0 unspecified atom stereocenters. The summed E-state index contributed by atoms with van der Waals surface area (Å²) in [5.41, 5.74) is 2.59. The van der Waals surface area contributed by atoms with Crippen LogP contribution in [0.25, 0.3) is 16.9 Å². The molecule has 3 aromatic carbocycles. The molecule has 1 heterocycles. The van der Waals surface area contributed by atoms with E-state index < -0.39 is 5.91 Å². The molecule has 0 aliphatic rings. The van der Waals surface area contributed by atoms with Gasteiger partial charge in [0.25, 0.3) is 5.91 Å². The van der Waals surface area contributed by atoms with E-state index in [1.807, 2.05) is 30.3 Å². The lowest BCUT2D eigenvalue weighted by atomic mass is 10.1. The van der Waals surface area contributed by atoms with Gasteiger partial charge in [0.05, 0.1) is 22.0 Å². The van der Waals surface area contributed by atoms with Crippen molar-refractivity contribution in [2.45, 2.75) is 0 Å². The molecule has 1 amide bonds. The topological polar surface area (TPSA) is 46.9 Å². The number of nitrogens with zero attached hydrogens (tertiary/aromatic N) is 2. The second kappa shape index (κ2) is 8.07. The first-order chi connectivity index (χ1) is 14.0. The smallest absolute Gasteiger partial charge is 0.259 e. The number of amides is 1. The van der Waals surface area contributed by atoms with Crippen LogP contribution < -0.4 is 5.32 Å². The van der Waals surface area contributed by atoms with E-state index in [1.165, 1.54) is 12.1 Å². The molecule has 0 radical (unpaired) electrons. The average molecular weight is 426 g/mol. The molecule has 0 atom stereocenters. The van der Waals surface area contributed by atoms with Crippen LogP contribution in [0.4, 0.5) is 10.1 Å². The molecule has 29 heavy (non-hydrogen) atoms. The van der Waals surface area contributed by atoms with Crippen molar-refractivity contribution in [2.24, 2.45) is 0 Å². The van der Waals surface area contributed by atoms with Crippen LogP contribution in [0.3, 0.4) is 0 Å². The Kier molecular flexibility index (Phi) is 5.34. The lowest BCUT2D eigenvalue weighted by molar-refractivity contribution is 0.102. The highest BCUT2D eigenvalue weighted by Gasteiger charge is 2.19. The summed E-state index contributed by atoms with van der Waals surface area (Å²) < 4.78 is 15.0. The quantitative estimate of drug-likeness (QED) is 0.420. The van der Waals surface area contributed by atoms with Gasteiger partial charge in [0.1, 0.15) is 11.5 Å². The van der Waals surface area contributed by atoms with Gasteiger partial charge in [-0.05, 0) is 54.6 Å². The van der Waals surface area contributed by atoms with Gasteiger partial charge in [0, 0.05) is 16.8 Å². The van der Waals surface area contributed by atoms with Crippen LogP contribution in [0.2, 0.25) is 10.0 Å². The minimum atomic E-state index is -0.393. The van der Waals surface area contributed by atoms with Crippen LogP contribution in [0.5, 0.6) is 0 Å². The number of hydrogen-bond acceptors (Lipinski definition) is 2. The van der Waals surface area contributed by atoms with Gasteiger partial charge >= 0.3 is 0 Å². The number of nitrogens with one attached hydrogen (secondary N) is 1. The van der Waals surface area contributed by atoms with Crippen molar-refractivity contribution in [3.63, 3.8) is 0 Å². The standard InChI is InChI=1S/C22H14Cl2FN3O/c23-15-8-11-20(19(24)12-15)26-22(29)18-13-28(17-4-2-1-3-5-17)27-21(18)14-6-9-16(25)10-7-14/h1-13H,(H,26,29). The highest BCUT2D eigenvalue weighted by atomic mass is 35.5. The number of rotatable bonds is 4. The van der Waals surface area contributed by atoms with Crippen molar-refractivity contribution in [3.8, 4) is 16.9 Å². The van der Waals surface area contributed by atoms with E-state index in [0.29, 0.717) is 32.6 Å². The van der Waals surface area contributed by atoms with Crippen molar-refractivity contribution < 1.29 is 9.18 Å². The third kappa shape index (κ3) is 4.16. The molecule has 0 aliphatic heterocycles. The van der Waals surface area contributed by atoms with Crippen molar-refractivity contribution in [1.29, 1.82) is 0 Å². The molecule has 0 bridgehead atoms. The first-order valence-corrected chi connectivity index (χ1v) is 9.44. The molecule has 4 rings (SSSR count). The maximum absolute atomic E-state index is 13.4. The lowest BCUT2D eigenvalue weighted by Gasteiger charge is -2.07. The number of carbonyl (C=O) groups is 1. The van der Waals surface area contributed by atoms with Crippen LogP contribution in [-0.4, -0.2) is 15.7 Å². The van der Waals surface area contributed by atoms with Gasteiger partial charge in [-0.15, -0.1) is 0 Å². The highest BCUT2D eigenvalue weighted by Crippen LogP contribution is 2.28. The summed E-state index contributed by atoms with van der Waals surface area (Å²) in [6.45, 7) is 0. The Morgan fingerprint density at radius 1 is 0.966 bits per heavy atom. The van der Waals surface area contributed by atoms with Gasteiger partial charge in [-0.2, -0.15) is 5.10 Å². The fourth-order valence-electron chi connectivity index (χ4n) is 2.85. The van der Waals surface area contributed by atoms with Gasteiger partial charge in [-0.25, -0.2) is 9.07 Å².